The minimum atomic E-state index is -3.93. The molecule has 9 heteroatoms. The van der Waals surface area contributed by atoms with Crippen molar-refractivity contribution in [3.8, 4) is 0 Å². The molecule has 0 spiro atoms. The van der Waals surface area contributed by atoms with Crippen LogP contribution in [-0.4, -0.2) is 30.4 Å². The van der Waals surface area contributed by atoms with Gasteiger partial charge in [0.2, 0.25) is 10.0 Å². The third kappa shape index (κ3) is 2.94. The van der Waals surface area contributed by atoms with Gasteiger partial charge in [-0.3, -0.25) is 4.79 Å². The summed E-state index contributed by atoms with van der Waals surface area (Å²) in [5.41, 5.74) is 3.17. The normalized spacial score (nSPS) is 17.5. The van der Waals surface area contributed by atoms with E-state index in [4.69, 9.17) is 5.14 Å². The second kappa shape index (κ2) is 6.07. The third-order valence-electron chi connectivity index (χ3n) is 4.93. The highest BCUT2D eigenvalue weighted by molar-refractivity contribution is 7.89. The third-order valence-corrected chi connectivity index (χ3v) is 5.84. The Hall–Kier alpha value is -2.91. The number of nitrogens with two attached hydrogens (primary N) is 1. The Morgan fingerprint density at radius 2 is 1.96 bits per heavy atom. The number of benzene rings is 1. The van der Waals surface area contributed by atoms with E-state index in [1.807, 2.05) is 0 Å². The van der Waals surface area contributed by atoms with Crippen molar-refractivity contribution >= 4 is 39.2 Å². The number of anilines is 1. The number of hydrogen-bond acceptors (Lipinski definition) is 4. The summed E-state index contributed by atoms with van der Waals surface area (Å²) in [5.74, 6) is -1.49. The molecule has 1 aliphatic carbocycles. The topological polar surface area (TPSA) is 142 Å². The van der Waals surface area contributed by atoms with E-state index in [0.717, 1.165) is 30.5 Å². The maximum Gasteiger partial charge on any atom is 0.338 e. The Morgan fingerprint density at radius 1 is 1.22 bits per heavy atom. The van der Waals surface area contributed by atoms with Crippen LogP contribution >= 0.6 is 0 Å². The number of aryl methyl sites for hydroxylation is 1. The first-order valence-electron chi connectivity index (χ1n) is 8.43. The first-order chi connectivity index (χ1) is 12.8. The lowest BCUT2D eigenvalue weighted by Gasteiger charge is -2.10. The number of carbonyl (C=O) groups is 2. The lowest BCUT2D eigenvalue weighted by Crippen LogP contribution is -2.12. The molecule has 0 bridgehead atoms. The van der Waals surface area contributed by atoms with Crippen LogP contribution in [0.1, 0.15) is 45.7 Å². The average molecular weight is 387 g/mol. The number of primary sulfonamides is 1. The number of H-pyrrole nitrogens is 1. The number of sulfonamides is 1. The number of aromatic nitrogens is 1. The van der Waals surface area contributed by atoms with Gasteiger partial charge in [-0.05, 0) is 55.5 Å². The van der Waals surface area contributed by atoms with Gasteiger partial charge in [-0.25, -0.2) is 18.4 Å². The molecule has 1 aromatic carbocycles. The molecule has 1 aromatic heterocycles. The Balaban J connectivity index is 1.88. The SMILES string of the molecule is NS(=O)(=O)c1ccc2c(c1)C(=Cc1[nH]c3c(c1C(=O)O)CCCC3)C(=O)N2. The molecule has 1 aliphatic heterocycles. The maximum atomic E-state index is 12.4. The minimum absolute atomic E-state index is 0.118. The van der Waals surface area contributed by atoms with Crippen molar-refractivity contribution in [2.45, 2.75) is 30.6 Å². The molecule has 5 N–H and O–H groups in total. The monoisotopic (exact) mass is 387 g/mol. The van der Waals surface area contributed by atoms with Crippen LogP contribution in [0.25, 0.3) is 11.6 Å². The van der Waals surface area contributed by atoms with Crippen LogP contribution in [0.2, 0.25) is 0 Å². The van der Waals surface area contributed by atoms with E-state index >= 15 is 0 Å². The average Bonchev–Trinajstić information content (AvgIpc) is 3.11. The number of aromatic carboxylic acids is 1. The zero-order chi connectivity index (χ0) is 19.3. The van der Waals surface area contributed by atoms with E-state index in [1.165, 1.54) is 24.3 Å². The fourth-order valence-corrected chi connectivity index (χ4v) is 4.23. The summed E-state index contributed by atoms with van der Waals surface area (Å²) >= 11 is 0. The Bertz CT molecular complexity index is 1130. The summed E-state index contributed by atoms with van der Waals surface area (Å²) in [6, 6.07) is 4.09. The number of nitrogens with one attached hydrogen (secondary N) is 2. The molecule has 140 valence electrons. The number of rotatable bonds is 3. The Morgan fingerprint density at radius 3 is 2.67 bits per heavy atom. The van der Waals surface area contributed by atoms with Gasteiger partial charge in [0, 0.05) is 16.9 Å². The van der Waals surface area contributed by atoms with Gasteiger partial charge < -0.3 is 15.4 Å². The van der Waals surface area contributed by atoms with Gasteiger partial charge in [0.15, 0.2) is 0 Å². The molecule has 0 atom stereocenters. The fraction of sp³-hybridized carbons (Fsp3) is 0.222. The van der Waals surface area contributed by atoms with E-state index in [9.17, 15) is 23.1 Å². The van der Waals surface area contributed by atoms with Crippen molar-refractivity contribution in [1.82, 2.24) is 4.98 Å². The van der Waals surface area contributed by atoms with Crippen LogP contribution < -0.4 is 10.5 Å². The van der Waals surface area contributed by atoms with E-state index < -0.39 is 21.9 Å². The Kier molecular flexibility index (Phi) is 3.93. The van der Waals surface area contributed by atoms with Gasteiger partial charge >= 0.3 is 5.97 Å². The molecule has 1 amide bonds. The summed E-state index contributed by atoms with van der Waals surface area (Å²) < 4.78 is 23.2. The predicted octanol–water partition coefficient (Wildman–Crippen LogP) is 1.73. The second-order valence-corrected chi connectivity index (χ2v) is 8.21. The van der Waals surface area contributed by atoms with Gasteiger partial charge in [0.25, 0.3) is 5.91 Å². The number of carbonyl (C=O) groups excluding carboxylic acids is 1. The first kappa shape index (κ1) is 17.5. The second-order valence-electron chi connectivity index (χ2n) is 6.65. The van der Waals surface area contributed by atoms with Crippen LogP contribution in [0.3, 0.4) is 0 Å². The smallest absolute Gasteiger partial charge is 0.338 e. The fourth-order valence-electron chi connectivity index (χ4n) is 3.69. The molecule has 0 radical (unpaired) electrons. The summed E-state index contributed by atoms with van der Waals surface area (Å²) in [4.78, 5) is 27.2. The van der Waals surface area contributed by atoms with Crippen LogP contribution in [0.5, 0.6) is 0 Å². The van der Waals surface area contributed by atoms with Crippen molar-refractivity contribution in [3.05, 3.63) is 46.3 Å². The maximum absolute atomic E-state index is 12.4. The molecule has 4 rings (SSSR count). The van der Waals surface area contributed by atoms with Gasteiger partial charge in [-0.2, -0.15) is 0 Å². The molecule has 2 aromatic rings. The quantitative estimate of drug-likeness (QED) is 0.593. The molecular weight excluding hydrogens is 370 g/mol. The highest BCUT2D eigenvalue weighted by Gasteiger charge is 2.29. The summed E-state index contributed by atoms with van der Waals surface area (Å²) in [5, 5.41) is 17.5. The molecule has 2 heterocycles. The van der Waals surface area contributed by atoms with Gasteiger partial charge in [-0.15, -0.1) is 0 Å². The number of fused-ring (bicyclic) bond motifs is 2. The molecule has 0 saturated carbocycles. The zero-order valence-electron chi connectivity index (χ0n) is 14.2. The number of amides is 1. The van der Waals surface area contributed by atoms with Crippen LogP contribution in [0.4, 0.5) is 5.69 Å². The zero-order valence-corrected chi connectivity index (χ0v) is 15.0. The van der Waals surface area contributed by atoms with Crippen molar-refractivity contribution in [1.29, 1.82) is 0 Å². The molecule has 27 heavy (non-hydrogen) atoms. The highest BCUT2D eigenvalue weighted by atomic mass is 32.2. The largest absolute Gasteiger partial charge is 0.478 e. The van der Waals surface area contributed by atoms with Crippen LogP contribution in [0.15, 0.2) is 23.1 Å². The van der Waals surface area contributed by atoms with Gasteiger partial charge in [0.1, 0.15) is 0 Å². The highest BCUT2D eigenvalue weighted by Crippen LogP contribution is 2.36. The molecule has 0 unspecified atom stereocenters. The first-order valence-corrected chi connectivity index (χ1v) is 9.97. The molecule has 0 fully saturated rings. The van der Waals surface area contributed by atoms with E-state index in [2.05, 4.69) is 10.3 Å². The summed E-state index contributed by atoms with van der Waals surface area (Å²) in [6.07, 6.45) is 4.80. The minimum Gasteiger partial charge on any atom is -0.478 e. The molecular formula is C18H17N3O5S. The lowest BCUT2D eigenvalue weighted by molar-refractivity contribution is -0.110. The number of aromatic amines is 1. The standard InChI is InChI=1S/C18H17N3O5S/c19-27(25,26)9-5-6-14-11(7-9)12(17(22)21-14)8-15-16(18(23)24)10-3-1-2-4-13(10)20-15/h5-8,20H,1-4H2,(H,21,22)(H,23,24)(H2,19,25,26). The van der Waals surface area contributed by atoms with Crippen molar-refractivity contribution < 1.29 is 23.1 Å². The van der Waals surface area contributed by atoms with Crippen molar-refractivity contribution in [3.63, 3.8) is 0 Å². The van der Waals surface area contributed by atoms with Gasteiger partial charge in [0.05, 0.1) is 21.7 Å². The lowest BCUT2D eigenvalue weighted by atomic mass is 9.94. The van der Waals surface area contributed by atoms with Crippen molar-refractivity contribution in [2.75, 3.05) is 5.32 Å². The van der Waals surface area contributed by atoms with E-state index in [1.54, 1.807) is 0 Å². The van der Waals surface area contributed by atoms with E-state index in [0.29, 0.717) is 23.4 Å². The van der Waals surface area contributed by atoms with E-state index in [-0.39, 0.29) is 16.0 Å². The molecule has 0 saturated heterocycles. The van der Waals surface area contributed by atoms with Crippen LogP contribution in [0, 0.1) is 0 Å². The number of carboxylic acids is 1. The number of hydrogen-bond donors (Lipinski definition) is 4. The van der Waals surface area contributed by atoms with Crippen LogP contribution in [-0.2, 0) is 27.7 Å². The van der Waals surface area contributed by atoms with Gasteiger partial charge in [-0.1, -0.05) is 0 Å². The molecule has 2 aliphatic rings. The predicted molar refractivity (Wildman–Crippen MR) is 98.7 cm³/mol. The number of carboxylic acid groups (broad SMARTS) is 1. The summed E-state index contributed by atoms with van der Waals surface area (Å²) in [7, 11) is -3.93. The molecule has 8 nitrogen and oxygen atoms in total. The van der Waals surface area contributed by atoms with Crippen molar-refractivity contribution in [2.24, 2.45) is 5.14 Å². The Labute approximate surface area is 155 Å². The summed E-state index contributed by atoms with van der Waals surface area (Å²) in [6.45, 7) is 0.